The van der Waals surface area contributed by atoms with Crippen molar-refractivity contribution in [3.8, 4) is 0 Å². The Morgan fingerprint density at radius 2 is 2.26 bits per heavy atom. The molecule has 1 amide bonds. The van der Waals surface area contributed by atoms with Crippen LogP contribution in [-0.4, -0.2) is 29.5 Å². The number of carbonyl (C=O) groups excluding carboxylic acids is 1. The molecule has 0 bridgehead atoms. The van der Waals surface area contributed by atoms with Gasteiger partial charge < -0.3 is 10.6 Å². The van der Waals surface area contributed by atoms with Crippen LogP contribution in [0.4, 0.5) is 5.69 Å². The highest BCUT2D eigenvalue weighted by Gasteiger charge is 2.24. The second-order valence-electron chi connectivity index (χ2n) is 5.00. The summed E-state index contributed by atoms with van der Waals surface area (Å²) < 4.78 is 0. The van der Waals surface area contributed by atoms with Crippen LogP contribution < -0.4 is 10.6 Å². The quantitative estimate of drug-likeness (QED) is 0.889. The van der Waals surface area contributed by atoms with Gasteiger partial charge in [0.1, 0.15) is 0 Å². The maximum Gasteiger partial charge on any atom is 0.251 e. The first-order valence-corrected chi connectivity index (χ1v) is 7.93. The Labute approximate surface area is 119 Å². The van der Waals surface area contributed by atoms with Gasteiger partial charge in [0.15, 0.2) is 0 Å². The number of thioether (sulfide) groups is 1. The van der Waals surface area contributed by atoms with E-state index in [0.29, 0.717) is 17.8 Å². The molecule has 2 rings (SSSR count). The van der Waals surface area contributed by atoms with Crippen LogP contribution in [0.5, 0.6) is 0 Å². The third-order valence-electron chi connectivity index (χ3n) is 3.54. The fraction of sp³-hybridized carbons (Fsp3) is 0.533. The zero-order valence-electron chi connectivity index (χ0n) is 11.8. The highest BCUT2D eigenvalue weighted by molar-refractivity contribution is 8.00. The summed E-state index contributed by atoms with van der Waals surface area (Å²) in [6, 6.07) is 6.42. The molecule has 3 nitrogen and oxygen atoms in total. The van der Waals surface area contributed by atoms with E-state index in [2.05, 4.69) is 24.5 Å². The van der Waals surface area contributed by atoms with Crippen molar-refractivity contribution in [2.75, 3.05) is 17.6 Å². The minimum atomic E-state index is 0.00180. The molecule has 1 aromatic rings. The maximum absolute atomic E-state index is 11.8. The summed E-state index contributed by atoms with van der Waals surface area (Å²) in [6.07, 6.45) is 1.21. The molecule has 1 heterocycles. The number of hydrogen-bond donors (Lipinski definition) is 2. The largest absolute Gasteiger partial charge is 0.381 e. The number of aryl methyl sites for hydroxylation is 1. The molecule has 1 fully saturated rings. The SMILES string of the molecule is CCNC(=O)c1ccc(NC2CCSC2C)c(C)c1. The summed E-state index contributed by atoms with van der Waals surface area (Å²) in [5, 5.41) is 7.09. The number of benzene rings is 1. The first kappa shape index (κ1) is 14.3. The van der Waals surface area contributed by atoms with Gasteiger partial charge in [0.25, 0.3) is 5.91 Å². The Hall–Kier alpha value is -1.16. The summed E-state index contributed by atoms with van der Waals surface area (Å²) in [4.78, 5) is 11.8. The molecule has 2 N–H and O–H groups in total. The van der Waals surface area contributed by atoms with E-state index in [1.165, 1.54) is 12.2 Å². The molecular formula is C15H22N2OS. The van der Waals surface area contributed by atoms with Crippen LogP contribution in [0.25, 0.3) is 0 Å². The lowest BCUT2D eigenvalue weighted by Crippen LogP contribution is -2.25. The minimum Gasteiger partial charge on any atom is -0.381 e. The molecule has 4 heteroatoms. The van der Waals surface area contributed by atoms with Crippen LogP contribution in [0.2, 0.25) is 0 Å². The van der Waals surface area contributed by atoms with Crippen LogP contribution in [0.1, 0.15) is 36.2 Å². The molecule has 1 aliphatic rings. The van der Waals surface area contributed by atoms with Gasteiger partial charge in [0.2, 0.25) is 0 Å². The van der Waals surface area contributed by atoms with Gasteiger partial charge in [-0.05, 0) is 49.8 Å². The summed E-state index contributed by atoms with van der Waals surface area (Å²) in [6.45, 7) is 6.92. The first-order chi connectivity index (χ1) is 9.11. The third-order valence-corrected chi connectivity index (χ3v) is 4.87. The van der Waals surface area contributed by atoms with Crippen LogP contribution in [0.3, 0.4) is 0 Å². The Balaban J connectivity index is 2.08. The zero-order valence-corrected chi connectivity index (χ0v) is 12.6. The lowest BCUT2D eigenvalue weighted by Gasteiger charge is -2.19. The fourth-order valence-corrected chi connectivity index (χ4v) is 3.55. The van der Waals surface area contributed by atoms with E-state index in [1.807, 2.05) is 36.9 Å². The molecule has 1 saturated heterocycles. The molecule has 2 unspecified atom stereocenters. The van der Waals surface area contributed by atoms with Gasteiger partial charge in [-0.2, -0.15) is 11.8 Å². The monoisotopic (exact) mass is 278 g/mol. The fourth-order valence-electron chi connectivity index (χ4n) is 2.35. The number of amides is 1. The van der Waals surface area contributed by atoms with Crippen molar-refractivity contribution in [1.82, 2.24) is 5.32 Å². The molecule has 0 aromatic heterocycles. The van der Waals surface area contributed by atoms with Gasteiger partial charge in [0.05, 0.1) is 0 Å². The average molecular weight is 278 g/mol. The average Bonchev–Trinajstić information content (AvgIpc) is 2.78. The number of anilines is 1. The van der Waals surface area contributed by atoms with E-state index in [9.17, 15) is 4.79 Å². The van der Waals surface area contributed by atoms with Gasteiger partial charge in [-0.3, -0.25) is 4.79 Å². The zero-order chi connectivity index (χ0) is 13.8. The molecule has 0 spiro atoms. The van der Waals surface area contributed by atoms with Crippen molar-refractivity contribution in [3.63, 3.8) is 0 Å². The molecule has 0 aliphatic carbocycles. The van der Waals surface area contributed by atoms with E-state index in [1.54, 1.807) is 0 Å². The van der Waals surface area contributed by atoms with E-state index in [4.69, 9.17) is 0 Å². The summed E-state index contributed by atoms with van der Waals surface area (Å²) in [7, 11) is 0. The van der Waals surface area contributed by atoms with Crippen LogP contribution in [0.15, 0.2) is 18.2 Å². The van der Waals surface area contributed by atoms with E-state index in [-0.39, 0.29) is 5.91 Å². The van der Waals surface area contributed by atoms with E-state index >= 15 is 0 Å². The predicted octanol–water partition coefficient (Wildman–Crippen LogP) is 3.05. The predicted molar refractivity (Wildman–Crippen MR) is 83.1 cm³/mol. The standard InChI is InChI=1S/C15H22N2OS/c1-4-16-15(18)12-5-6-13(10(2)9-12)17-14-7-8-19-11(14)3/h5-6,9,11,14,17H,4,7-8H2,1-3H3,(H,16,18). The molecular weight excluding hydrogens is 256 g/mol. The number of hydrogen-bond acceptors (Lipinski definition) is 3. The van der Waals surface area contributed by atoms with Gasteiger partial charge in [-0.25, -0.2) is 0 Å². The molecule has 0 radical (unpaired) electrons. The Kier molecular flexibility index (Phi) is 4.75. The lowest BCUT2D eigenvalue weighted by molar-refractivity contribution is 0.0956. The van der Waals surface area contributed by atoms with Crippen molar-refractivity contribution in [3.05, 3.63) is 29.3 Å². The first-order valence-electron chi connectivity index (χ1n) is 6.88. The van der Waals surface area contributed by atoms with Gasteiger partial charge in [-0.15, -0.1) is 0 Å². The maximum atomic E-state index is 11.8. The lowest BCUT2D eigenvalue weighted by atomic mass is 10.1. The van der Waals surface area contributed by atoms with Gasteiger partial charge >= 0.3 is 0 Å². The third kappa shape index (κ3) is 3.44. The van der Waals surface area contributed by atoms with E-state index < -0.39 is 0 Å². The topological polar surface area (TPSA) is 41.1 Å². The molecule has 2 atom stereocenters. The molecule has 0 saturated carbocycles. The highest BCUT2D eigenvalue weighted by Crippen LogP contribution is 2.29. The highest BCUT2D eigenvalue weighted by atomic mass is 32.2. The molecule has 19 heavy (non-hydrogen) atoms. The van der Waals surface area contributed by atoms with Crippen LogP contribution in [0, 0.1) is 6.92 Å². The minimum absolute atomic E-state index is 0.00180. The second-order valence-corrected chi connectivity index (χ2v) is 6.49. The smallest absolute Gasteiger partial charge is 0.251 e. The molecule has 1 aromatic carbocycles. The van der Waals surface area contributed by atoms with Crippen molar-refractivity contribution >= 4 is 23.4 Å². The Morgan fingerprint density at radius 3 is 2.84 bits per heavy atom. The van der Waals surface area contributed by atoms with Crippen molar-refractivity contribution < 1.29 is 4.79 Å². The van der Waals surface area contributed by atoms with Gasteiger partial charge in [-0.1, -0.05) is 6.92 Å². The summed E-state index contributed by atoms with van der Waals surface area (Å²) in [5.74, 6) is 1.23. The van der Waals surface area contributed by atoms with Crippen LogP contribution in [-0.2, 0) is 0 Å². The normalized spacial score (nSPS) is 22.3. The van der Waals surface area contributed by atoms with Crippen LogP contribution >= 0.6 is 11.8 Å². The number of carbonyl (C=O) groups is 1. The summed E-state index contributed by atoms with van der Waals surface area (Å²) in [5.41, 5.74) is 3.01. The van der Waals surface area contributed by atoms with Crippen molar-refractivity contribution in [1.29, 1.82) is 0 Å². The van der Waals surface area contributed by atoms with Crippen molar-refractivity contribution in [2.24, 2.45) is 0 Å². The molecule has 1 aliphatic heterocycles. The Morgan fingerprint density at radius 1 is 1.47 bits per heavy atom. The van der Waals surface area contributed by atoms with E-state index in [0.717, 1.165) is 16.8 Å². The summed E-state index contributed by atoms with van der Waals surface area (Å²) >= 11 is 2.02. The van der Waals surface area contributed by atoms with Crippen molar-refractivity contribution in [2.45, 2.75) is 38.5 Å². The number of rotatable bonds is 4. The number of nitrogens with one attached hydrogen (secondary N) is 2. The Bertz CT molecular complexity index is 461. The second kappa shape index (κ2) is 6.33. The molecule has 104 valence electrons. The van der Waals surface area contributed by atoms with Gasteiger partial charge in [0, 0.05) is 29.1 Å².